The molecule has 0 aliphatic heterocycles. The van der Waals surface area contributed by atoms with Gasteiger partial charge in [-0.1, -0.05) is 6.92 Å². The lowest BCUT2D eigenvalue weighted by Gasteiger charge is -2.15. The zero-order valence-corrected chi connectivity index (χ0v) is 12.2. The Labute approximate surface area is 115 Å². The highest BCUT2D eigenvalue weighted by Gasteiger charge is 2.17. The molecule has 0 spiro atoms. The fourth-order valence-corrected chi connectivity index (χ4v) is 2.33. The quantitative estimate of drug-likeness (QED) is 0.804. The Morgan fingerprint density at radius 1 is 1.47 bits per heavy atom. The van der Waals surface area contributed by atoms with E-state index in [-0.39, 0.29) is 10.9 Å². The molecule has 0 bridgehead atoms. The van der Waals surface area contributed by atoms with Crippen LogP contribution in [0.15, 0.2) is 23.2 Å². The summed E-state index contributed by atoms with van der Waals surface area (Å²) in [7, 11) is -0.452. The summed E-state index contributed by atoms with van der Waals surface area (Å²) in [5, 5.41) is 3.18. The van der Waals surface area contributed by atoms with Crippen LogP contribution in [0.25, 0.3) is 0 Å². The Hall–Kier alpha value is -1.58. The van der Waals surface area contributed by atoms with E-state index in [2.05, 4.69) is 16.2 Å². The van der Waals surface area contributed by atoms with Crippen molar-refractivity contribution in [2.45, 2.75) is 30.7 Å². The minimum Gasteiger partial charge on any atom is -0.366 e. The molecule has 1 rings (SSSR count). The van der Waals surface area contributed by atoms with E-state index in [1.54, 1.807) is 6.07 Å². The molecule has 6 heteroatoms. The molecule has 0 aliphatic rings. The van der Waals surface area contributed by atoms with Crippen molar-refractivity contribution in [2.75, 3.05) is 19.4 Å². The van der Waals surface area contributed by atoms with Crippen LogP contribution in [0.3, 0.4) is 0 Å². The topological polar surface area (TPSA) is 62.3 Å². The van der Waals surface area contributed by atoms with Crippen molar-refractivity contribution in [3.8, 4) is 12.3 Å². The molecule has 0 fully saturated rings. The second-order valence-corrected chi connectivity index (χ2v) is 6.48. The summed E-state index contributed by atoms with van der Waals surface area (Å²) in [5.74, 6) is 3.22. The first-order chi connectivity index (χ1) is 8.91. The van der Waals surface area contributed by atoms with Gasteiger partial charge in [0.25, 0.3) is 0 Å². The zero-order valence-electron chi connectivity index (χ0n) is 11.4. The van der Waals surface area contributed by atoms with E-state index in [1.165, 1.54) is 26.4 Å². The zero-order chi connectivity index (χ0) is 14.5. The van der Waals surface area contributed by atoms with Crippen LogP contribution in [0.1, 0.15) is 19.8 Å². The number of nitrogens with zero attached hydrogens (tertiary/aromatic N) is 2. The van der Waals surface area contributed by atoms with Gasteiger partial charge in [0.1, 0.15) is 10.7 Å². The number of nitrogens with one attached hydrogen (secondary N) is 1. The smallest absolute Gasteiger partial charge is 0.244 e. The van der Waals surface area contributed by atoms with Gasteiger partial charge in [0.2, 0.25) is 10.0 Å². The largest absolute Gasteiger partial charge is 0.366 e. The summed E-state index contributed by atoms with van der Waals surface area (Å²) >= 11 is 0. The molecule has 1 heterocycles. The lowest BCUT2D eigenvalue weighted by atomic mass is 10.1. The van der Waals surface area contributed by atoms with E-state index < -0.39 is 10.0 Å². The van der Waals surface area contributed by atoms with Crippen LogP contribution in [-0.4, -0.2) is 37.8 Å². The SMILES string of the molecule is C#CCC(CC)Nc1ccc(S(=O)(=O)N(C)C)cn1. The number of hydrogen-bond donors (Lipinski definition) is 1. The van der Waals surface area contributed by atoms with E-state index in [9.17, 15) is 8.42 Å². The van der Waals surface area contributed by atoms with Crippen molar-refractivity contribution in [1.82, 2.24) is 9.29 Å². The van der Waals surface area contributed by atoms with Gasteiger partial charge in [-0.2, -0.15) is 0 Å². The fraction of sp³-hybridized carbons (Fsp3) is 0.462. The average molecular weight is 281 g/mol. The molecule has 1 aromatic heterocycles. The monoisotopic (exact) mass is 281 g/mol. The van der Waals surface area contributed by atoms with Crippen molar-refractivity contribution in [3.05, 3.63) is 18.3 Å². The molecular formula is C13H19N3O2S. The van der Waals surface area contributed by atoms with Crippen LogP contribution in [0.5, 0.6) is 0 Å². The first-order valence-corrected chi connectivity index (χ1v) is 7.44. The van der Waals surface area contributed by atoms with Gasteiger partial charge in [-0.05, 0) is 18.6 Å². The number of hydrogen-bond acceptors (Lipinski definition) is 4. The molecule has 1 N–H and O–H groups in total. The average Bonchev–Trinajstić information content (AvgIpc) is 2.38. The van der Waals surface area contributed by atoms with Gasteiger partial charge >= 0.3 is 0 Å². The summed E-state index contributed by atoms with van der Waals surface area (Å²) in [4.78, 5) is 4.29. The maximum absolute atomic E-state index is 11.9. The second kappa shape index (κ2) is 6.55. The summed E-state index contributed by atoms with van der Waals surface area (Å²) < 4.78 is 24.9. The third-order valence-corrected chi connectivity index (χ3v) is 4.52. The predicted molar refractivity (Wildman–Crippen MR) is 76.3 cm³/mol. The maximum atomic E-state index is 11.9. The fourth-order valence-electron chi connectivity index (χ4n) is 1.48. The molecule has 5 nitrogen and oxygen atoms in total. The Kier molecular flexibility index (Phi) is 5.33. The van der Waals surface area contributed by atoms with Crippen LogP contribution in [-0.2, 0) is 10.0 Å². The van der Waals surface area contributed by atoms with Crippen LogP contribution in [0.2, 0.25) is 0 Å². The first kappa shape index (κ1) is 15.5. The number of terminal acetylenes is 1. The highest BCUT2D eigenvalue weighted by molar-refractivity contribution is 7.89. The molecule has 1 unspecified atom stereocenters. The Balaban J connectivity index is 2.86. The predicted octanol–water partition coefficient (Wildman–Crippen LogP) is 1.55. The summed E-state index contributed by atoms with van der Waals surface area (Å²) in [6, 6.07) is 3.33. The van der Waals surface area contributed by atoms with Crippen LogP contribution in [0, 0.1) is 12.3 Å². The first-order valence-electron chi connectivity index (χ1n) is 6.00. The number of aromatic nitrogens is 1. The lowest BCUT2D eigenvalue weighted by Crippen LogP contribution is -2.22. The second-order valence-electron chi connectivity index (χ2n) is 4.32. The van der Waals surface area contributed by atoms with E-state index in [4.69, 9.17) is 6.42 Å². The van der Waals surface area contributed by atoms with Crippen molar-refractivity contribution in [1.29, 1.82) is 0 Å². The van der Waals surface area contributed by atoms with Gasteiger partial charge in [-0.3, -0.25) is 0 Å². The minimum absolute atomic E-state index is 0.147. The third kappa shape index (κ3) is 3.94. The van der Waals surface area contributed by atoms with Crippen LogP contribution in [0.4, 0.5) is 5.82 Å². The summed E-state index contributed by atoms with van der Waals surface area (Å²) in [6.45, 7) is 2.03. The summed E-state index contributed by atoms with van der Waals surface area (Å²) in [6.07, 6.45) is 8.11. The Morgan fingerprint density at radius 2 is 2.16 bits per heavy atom. The van der Waals surface area contributed by atoms with Gasteiger partial charge in [-0.15, -0.1) is 12.3 Å². The number of sulfonamides is 1. The molecule has 104 valence electrons. The molecule has 1 atom stereocenters. The van der Waals surface area contributed by atoms with Crippen LogP contribution >= 0.6 is 0 Å². The van der Waals surface area contributed by atoms with E-state index >= 15 is 0 Å². The normalized spacial score (nSPS) is 13.0. The van der Waals surface area contributed by atoms with Crippen molar-refractivity contribution >= 4 is 15.8 Å². The van der Waals surface area contributed by atoms with E-state index in [0.29, 0.717) is 12.2 Å². The van der Waals surface area contributed by atoms with Gasteiger partial charge < -0.3 is 5.32 Å². The van der Waals surface area contributed by atoms with Crippen molar-refractivity contribution in [2.24, 2.45) is 0 Å². The molecular weight excluding hydrogens is 262 g/mol. The van der Waals surface area contributed by atoms with Crippen LogP contribution < -0.4 is 5.32 Å². The molecule has 0 saturated carbocycles. The maximum Gasteiger partial charge on any atom is 0.244 e. The molecule has 19 heavy (non-hydrogen) atoms. The lowest BCUT2D eigenvalue weighted by molar-refractivity contribution is 0.520. The molecule has 0 amide bonds. The minimum atomic E-state index is -3.43. The molecule has 0 saturated heterocycles. The van der Waals surface area contributed by atoms with E-state index in [0.717, 1.165) is 10.7 Å². The van der Waals surface area contributed by atoms with Gasteiger partial charge in [-0.25, -0.2) is 17.7 Å². The number of pyridine rings is 1. The van der Waals surface area contributed by atoms with Gasteiger partial charge in [0, 0.05) is 32.8 Å². The highest BCUT2D eigenvalue weighted by atomic mass is 32.2. The standard InChI is InChI=1S/C13H19N3O2S/c1-5-7-11(6-2)15-13-9-8-12(10-14-13)19(17,18)16(3)4/h1,8-11H,6-7H2,2-4H3,(H,14,15). The number of rotatable bonds is 6. The van der Waals surface area contributed by atoms with Crippen molar-refractivity contribution < 1.29 is 8.42 Å². The molecule has 0 aromatic carbocycles. The summed E-state index contributed by atoms with van der Waals surface area (Å²) in [5.41, 5.74) is 0. The number of anilines is 1. The van der Waals surface area contributed by atoms with E-state index in [1.807, 2.05) is 6.92 Å². The van der Waals surface area contributed by atoms with Crippen molar-refractivity contribution in [3.63, 3.8) is 0 Å². The van der Waals surface area contributed by atoms with Gasteiger partial charge in [0.15, 0.2) is 0 Å². The Bertz CT molecular complexity index is 544. The molecule has 1 aromatic rings. The van der Waals surface area contributed by atoms with Gasteiger partial charge in [0.05, 0.1) is 0 Å². The third-order valence-electron chi connectivity index (χ3n) is 2.72. The molecule has 0 radical (unpaired) electrons. The Morgan fingerprint density at radius 3 is 2.58 bits per heavy atom. The molecule has 0 aliphatic carbocycles. The highest BCUT2D eigenvalue weighted by Crippen LogP contribution is 2.15.